The molecule has 4 aromatic carbocycles. The first kappa shape index (κ1) is 30.5. The van der Waals surface area contributed by atoms with Gasteiger partial charge >= 0.3 is 0 Å². The molecule has 0 aliphatic heterocycles. The number of methoxy groups -OCH3 is 1. The molecule has 0 aliphatic carbocycles. The smallest absolute Gasteiger partial charge is 0.272 e. The first-order chi connectivity index (χ1) is 20.2. The van der Waals surface area contributed by atoms with E-state index in [4.69, 9.17) is 4.74 Å². The first-order valence-corrected chi connectivity index (χ1v) is 14.5. The molecule has 0 aromatic heterocycles. The van der Waals surface area contributed by atoms with Crippen LogP contribution in [-0.2, 0) is 9.59 Å². The van der Waals surface area contributed by atoms with Crippen LogP contribution in [0.15, 0.2) is 112 Å². The number of thioether (sulfide) groups is 1. The minimum Gasteiger partial charge on any atom is -0.496 e. The third-order valence-corrected chi connectivity index (χ3v) is 7.52. The standard InChI is InChI=1S/C32H27BrFN3O4S/c1-20(30(38)36-27-16-15-23(33)18-26(27)34)42-25-13-8-12-24(19-25)35-32(40)28(17-22-11-6-7-14-29(22)41-2)37-31(39)21-9-4-3-5-10-21/h3-20H,1-2H3,(H,35,40)(H,36,38)(H,37,39)/b28-17+. The van der Waals surface area contributed by atoms with Gasteiger partial charge < -0.3 is 20.7 Å². The summed E-state index contributed by atoms with van der Waals surface area (Å²) < 4.78 is 20.1. The minimum absolute atomic E-state index is 0.00989. The summed E-state index contributed by atoms with van der Waals surface area (Å²) in [7, 11) is 1.52. The summed E-state index contributed by atoms with van der Waals surface area (Å²) in [6.07, 6.45) is 1.54. The zero-order chi connectivity index (χ0) is 30.1. The lowest BCUT2D eigenvalue weighted by Gasteiger charge is -2.15. The Bertz CT molecular complexity index is 1630. The molecule has 0 radical (unpaired) electrons. The lowest BCUT2D eigenvalue weighted by molar-refractivity contribution is -0.115. The summed E-state index contributed by atoms with van der Waals surface area (Å²) in [5, 5.41) is 7.57. The molecular formula is C32H27BrFN3O4S. The predicted octanol–water partition coefficient (Wildman–Crippen LogP) is 7.13. The number of amides is 3. The van der Waals surface area contributed by atoms with Crippen molar-refractivity contribution in [1.29, 1.82) is 0 Å². The van der Waals surface area contributed by atoms with Gasteiger partial charge in [-0.2, -0.15) is 0 Å². The highest BCUT2D eigenvalue weighted by atomic mass is 79.9. The van der Waals surface area contributed by atoms with Gasteiger partial charge in [-0.3, -0.25) is 14.4 Å². The summed E-state index contributed by atoms with van der Waals surface area (Å²) in [4.78, 5) is 39.8. The highest BCUT2D eigenvalue weighted by Gasteiger charge is 2.19. The molecule has 1 unspecified atom stereocenters. The summed E-state index contributed by atoms with van der Waals surface area (Å²) in [5.41, 5.74) is 1.55. The van der Waals surface area contributed by atoms with Crippen molar-refractivity contribution in [2.24, 2.45) is 0 Å². The Kier molecular flexibility index (Phi) is 10.5. The normalized spacial score (nSPS) is 11.8. The second-order valence-corrected chi connectivity index (χ2v) is 11.3. The van der Waals surface area contributed by atoms with Crippen molar-refractivity contribution in [2.45, 2.75) is 17.1 Å². The Labute approximate surface area is 255 Å². The third kappa shape index (κ3) is 8.31. The minimum atomic E-state index is -0.565. The number of benzene rings is 4. The maximum atomic E-state index is 14.2. The van der Waals surface area contributed by atoms with Crippen molar-refractivity contribution in [1.82, 2.24) is 5.32 Å². The zero-order valence-electron chi connectivity index (χ0n) is 22.7. The summed E-state index contributed by atoms with van der Waals surface area (Å²) >= 11 is 4.45. The van der Waals surface area contributed by atoms with Crippen LogP contribution in [-0.4, -0.2) is 30.1 Å². The number of carbonyl (C=O) groups excluding carboxylic acids is 3. The van der Waals surface area contributed by atoms with E-state index >= 15 is 0 Å². The van der Waals surface area contributed by atoms with Gasteiger partial charge in [-0.15, -0.1) is 11.8 Å². The molecule has 0 fully saturated rings. The van der Waals surface area contributed by atoms with Crippen LogP contribution in [0.3, 0.4) is 0 Å². The number of hydrogen-bond acceptors (Lipinski definition) is 5. The average Bonchev–Trinajstić information content (AvgIpc) is 2.99. The molecule has 42 heavy (non-hydrogen) atoms. The van der Waals surface area contributed by atoms with E-state index in [9.17, 15) is 18.8 Å². The van der Waals surface area contributed by atoms with Gasteiger partial charge in [0, 0.05) is 26.2 Å². The van der Waals surface area contributed by atoms with Gasteiger partial charge in [0.05, 0.1) is 18.0 Å². The lowest BCUT2D eigenvalue weighted by Crippen LogP contribution is -2.30. The van der Waals surface area contributed by atoms with Gasteiger partial charge in [-0.1, -0.05) is 58.4 Å². The molecule has 0 saturated carbocycles. The van der Waals surface area contributed by atoms with Gasteiger partial charge in [0.25, 0.3) is 11.8 Å². The van der Waals surface area contributed by atoms with Crippen LogP contribution in [0.5, 0.6) is 5.75 Å². The molecule has 0 bridgehead atoms. The fraction of sp³-hybridized carbons (Fsp3) is 0.0938. The second kappa shape index (κ2) is 14.5. The van der Waals surface area contributed by atoms with Crippen LogP contribution >= 0.6 is 27.7 Å². The molecule has 3 amide bonds. The summed E-state index contributed by atoms with van der Waals surface area (Å²) in [6.45, 7) is 1.70. The Morgan fingerprint density at radius 2 is 1.64 bits per heavy atom. The van der Waals surface area contributed by atoms with Gasteiger partial charge in [-0.05, 0) is 67.6 Å². The molecule has 1 atom stereocenters. The third-order valence-electron chi connectivity index (χ3n) is 5.93. The van der Waals surface area contributed by atoms with Crippen LogP contribution < -0.4 is 20.7 Å². The second-order valence-electron chi connectivity index (χ2n) is 8.98. The van der Waals surface area contributed by atoms with Gasteiger partial charge in [0.2, 0.25) is 5.91 Å². The molecule has 7 nitrogen and oxygen atoms in total. The fourth-order valence-corrected chi connectivity index (χ4v) is 5.07. The van der Waals surface area contributed by atoms with Crippen LogP contribution in [0.1, 0.15) is 22.8 Å². The number of para-hydroxylation sites is 1. The van der Waals surface area contributed by atoms with E-state index in [1.54, 1.807) is 97.9 Å². The monoisotopic (exact) mass is 647 g/mol. The van der Waals surface area contributed by atoms with E-state index < -0.39 is 22.9 Å². The SMILES string of the molecule is COc1ccccc1/C=C(/NC(=O)c1ccccc1)C(=O)Nc1cccc(SC(C)C(=O)Nc2ccc(Br)cc2F)c1. The van der Waals surface area contributed by atoms with E-state index in [-0.39, 0.29) is 17.3 Å². The Balaban J connectivity index is 1.50. The highest BCUT2D eigenvalue weighted by Crippen LogP contribution is 2.28. The molecule has 0 saturated heterocycles. The van der Waals surface area contributed by atoms with Crippen molar-refractivity contribution >= 4 is 62.9 Å². The highest BCUT2D eigenvalue weighted by molar-refractivity contribution is 9.10. The molecule has 0 aliphatic rings. The lowest BCUT2D eigenvalue weighted by atomic mass is 10.1. The number of carbonyl (C=O) groups is 3. The molecule has 214 valence electrons. The maximum Gasteiger partial charge on any atom is 0.272 e. The van der Waals surface area contributed by atoms with Crippen LogP contribution in [0, 0.1) is 5.82 Å². The van der Waals surface area contributed by atoms with E-state index in [0.717, 1.165) is 0 Å². The van der Waals surface area contributed by atoms with Crippen molar-refractivity contribution in [3.8, 4) is 5.75 Å². The number of ether oxygens (including phenoxy) is 1. The largest absolute Gasteiger partial charge is 0.496 e. The summed E-state index contributed by atoms with van der Waals surface area (Å²) in [5.74, 6) is -1.38. The molecule has 10 heteroatoms. The van der Waals surface area contributed by atoms with Gasteiger partial charge in [-0.25, -0.2) is 4.39 Å². The van der Waals surface area contributed by atoms with Gasteiger partial charge in [0.1, 0.15) is 17.3 Å². The number of rotatable bonds is 10. The zero-order valence-corrected chi connectivity index (χ0v) is 25.1. The maximum absolute atomic E-state index is 14.2. The Hall–Kier alpha value is -4.41. The van der Waals surface area contributed by atoms with Crippen molar-refractivity contribution < 1.29 is 23.5 Å². The number of nitrogens with one attached hydrogen (secondary N) is 3. The van der Waals surface area contributed by atoms with E-state index in [1.807, 2.05) is 0 Å². The fourth-order valence-electron chi connectivity index (χ4n) is 3.81. The van der Waals surface area contributed by atoms with Crippen molar-refractivity contribution in [2.75, 3.05) is 17.7 Å². The van der Waals surface area contributed by atoms with Crippen LogP contribution in [0.4, 0.5) is 15.8 Å². The number of halogens is 2. The molecule has 3 N–H and O–H groups in total. The molecule has 0 heterocycles. The summed E-state index contributed by atoms with van der Waals surface area (Å²) in [6, 6.07) is 27.0. The molecular weight excluding hydrogens is 621 g/mol. The quantitative estimate of drug-likeness (QED) is 0.126. The molecule has 0 spiro atoms. The predicted molar refractivity (Wildman–Crippen MR) is 168 cm³/mol. The number of anilines is 2. The van der Waals surface area contributed by atoms with Gasteiger partial charge in [0.15, 0.2) is 0 Å². The number of hydrogen-bond donors (Lipinski definition) is 3. The van der Waals surface area contributed by atoms with E-state index in [1.165, 1.54) is 31.0 Å². The van der Waals surface area contributed by atoms with Crippen LogP contribution in [0.2, 0.25) is 0 Å². The van der Waals surface area contributed by atoms with Crippen LogP contribution in [0.25, 0.3) is 6.08 Å². The average molecular weight is 649 g/mol. The Morgan fingerprint density at radius 3 is 2.38 bits per heavy atom. The first-order valence-electron chi connectivity index (χ1n) is 12.8. The molecule has 4 aromatic rings. The van der Waals surface area contributed by atoms with E-state index in [0.29, 0.717) is 31.9 Å². The molecule has 4 rings (SSSR count). The topological polar surface area (TPSA) is 96.5 Å². The Morgan fingerprint density at radius 1 is 0.905 bits per heavy atom. The van der Waals surface area contributed by atoms with Crippen molar-refractivity contribution in [3.05, 3.63) is 124 Å². The van der Waals surface area contributed by atoms with E-state index in [2.05, 4.69) is 31.9 Å². The van der Waals surface area contributed by atoms with Crippen molar-refractivity contribution in [3.63, 3.8) is 0 Å².